The van der Waals surface area contributed by atoms with Crippen molar-refractivity contribution in [3.05, 3.63) is 24.0 Å². The minimum Gasteiger partial charge on any atom is -0.450 e. The van der Waals surface area contributed by atoms with Crippen LogP contribution in [0.4, 0.5) is 4.79 Å². The average Bonchev–Trinajstić information content (AvgIpc) is 2.70. The average molecular weight is 211 g/mol. The molecule has 0 aliphatic carbocycles. The Labute approximate surface area is 89.2 Å². The number of carbonyl (C=O) groups is 1. The summed E-state index contributed by atoms with van der Waals surface area (Å²) in [6, 6.07) is 2.01. The lowest BCUT2D eigenvalue weighted by Gasteiger charge is -2.05. The van der Waals surface area contributed by atoms with Crippen LogP contribution in [-0.4, -0.2) is 30.8 Å². The predicted molar refractivity (Wildman–Crippen MR) is 57.5 cm³/mol. The molecule has 0 spiro atoms. The third-order valence-corrected chi connectivity index (χ3v) is 1.84. The molecule has 1 amide bonds. The molecule has 0 saturated heterocycles. The highest BCUT2D eigenvalue weighted by Crippen LogP contribution is 1.93. The molecule has 0 bridgehead atoms. The van der Waals surface area contributed by atoms with Gasteiger partial charge in [0.05, 0.1) is 6.61 Å². The summed E-state index contributed by atoms with van der Waals surface area (Å²) in [6.45, 7) is 4.29. The first-order valence-corrected chi connectivity index (χ1v) is 5.06. The molecule has 0 radical (unpaired) electrons. The van der Waals surface area contributed by atoms with Crippen LogP contribution in [0.3, 0.4) is 0 Å². The van der Waals surface area contributed by atoms with Gasteiger partial charge in [0.25, 0.3) is 0 Å². The van der Waals surface area contributed by atoms with E-state index < -0.39 is 0 Å². The summed E-state index contributed by atoms with van der Waals surface area (Å²) in [4.78, 5) is 13.8. The summed E-state index contributed by atoms with van der Waals surface area (Å²) in [5.74, 6) is 0. The van der Waals surface area contributed by atoms with Crippen molar-refractivity contribution in [2.45, 2.75) is 13.5 Å². The highest BCUT2D eigenvalue weighted by Gasteiger charge is 1.97. The second-order valence-corrected chi connectivity index (χ2v) is 3.04. The summed E-state index contributed by atoms with van der Waals surface area (Å²) in [5, 5.41) is 5.83. The Hall–Kier alpha value is -1.49. The first-order chi connectivity index (χ1) is 7.33. The number of hydrogen-bond donors (Lipinski definition) is 3. The van der Waals surface area contributed by atoms with E-state index in [9.17, 15) is 4.79 Å². The van der Waals surface area contributed by atoms with Crippen LogP contribution in [0.5, 0.6) is 0 Å². The fourth-order valence-electron chi connectivity index (χ4n) is 1.14. The predicted octanol–water partition coefficient (Wildman–Crippen LogP) is 0.850. The Morgan fingerprint density at radius 1 is 1.53 bits per heavy atom. The first kappa shape index (κ1) is 11.6. The van der Waals surface area contributed by atoms with Crippen LogP contribution in [0.2, 0.25) is 0 Å². The van der Waals surface area contributed by atoms with Crippen LogP contribution in [-0.2, 0) is 11.3 Å². The Kier molecular flexibility index (Phi) is 5.32. The van der Waals surface area contributed by atoms with Crippen molar-refractivity contribution in [2.75, 3.05) is 19.7 Å². The number of alkyl carbamates (subject to hydrolysis) is 1. The Balaban J connectivity index is 1.95. The van der Waals surface area contributed by atoms with Gasteiger partial charge in [-0.05, 0) is 18.6 Å². The maximum Gasteiger partial charge on any atom is 0.407 e. The monoisotopic (exact) mass is 211 g/mol. The first-order valence-electron chi connectivity index (χ1n) is 5.06. The van der Waals surface area contributed by atoms with Crippen molar-refractivity contribution in [3.63, 3.8) is 0 Å². The SMILES string of the molecule is CCOC(=O)NCCNCc1cc[nH]c1. The summed E-state index contributed by atoms with van der Waals surface area (Å²) < 4.78 is 4.71. The number of nitrogens with one attached hydrogen (secondary N) is 3. The van der Waals surface area contributed by atoms with Gasteiger partial charge < -0.3 is 20.4 Å². The molecule has 3 N–H and O–H groups in total. The molecule has 1 rings (SSSR count). The molecular weight excluding hydrogens is 194 g/mol. The number of ether oxygens (including phenoxy) is 1. The topological polar surface area (TPSA) is 66.2 Å². The van der Waals surface area contributed by atoms with Gasteiger partial charge in [0.15, 0.2) is 0 Å². The van der Waals surface area contributed by atoms with E-state index in [1.807, 2.05) is 18.5 Å². The number of amides is 1. The molecule has 5 nitrogen and oxygen atoms in total. The lowest BCUT2D eigenvalue weighted by atomic mass is 10.3. The van der Waals surface area contributed by atoms with Gasteiger partial charge in [-0.2, -0.15) is 0 Å². The summed E-state index contributed by atoms with van der Waals surface area (Å²) >= 11 is 0. The number of aromatic amines is 1. The van der Waals surface area contributed by atoms with Gasteiger partial charge >= 0.3 is 6.09 Å². The van der Waals surface area contributed by atoms with Crippen molar-refractivity contribution < 1.29 is 9.53 Å². The fraction of sp³-hybridized carbons (Fsp3) is 0.500. The standard InChI is InChI=1S/C10H17N3O2/c1-2-15-10(14)13-6-5-12-8-9-3-4-11-7-9/h3-4,7,11-12H,2,5-6,8H2,1H3,(H,13,14). The molecule has 0 atom stereocenters. The van der Waals surface area contributed by atoms with E-state index in [2.05, 4.69) is 15.6 Å². The van der Waals surface area contributed by atoms with E-state index in [4.69, 9.17) is 4.74 Å². The van der Waals surface area contributed by atoms with Gasteiger partial charge in [-0.1, -0.05) is 0 Å². The van der Waals surface area contributed by atoms with Crippen molar-refractivity contribution in [1.82, 2.24) is 15.6 Å². The number of rotatable bonds is 6. The molecule has 0 fully saturated rings. The minimum atomic E-state index is -0.360. The zero-order valence-corrected chi connectivity index (χ0v) is 8.88. The molecule has 0 aliphatic heterocycles. The van der Waals surface area contributed by atoms with E-state index in [0.29, 0.717) is 13.2 Å². The Morgan fingerprint density at radius 3 is 3.07 bits per heavy atom. The van der Waals surface area contributed by atoms with E-state index in [-0.39, 0.29) is 6.09 Å². The fourth-order valence-corrected chi connectivity index (χ4v) is 1.14. The Morgan fingerprint density at radius 2 is 2.40 bits per heavy atom. The number of aromatic nitrogens is 1. The van der Waals surface area contributed by atoms with Gasteiger partial charge in [-0.25, -0.2) is 4.79 Å². The summed E-state index contributed by atoms with van der Waals surface area (Å²) in [6.07, 6.45) is 3.46. The molecule has 1 aromatic rings. The third kappa shape index (κ3) is 5.07. The smallest absolute Gasteiger partial charge is 0.407 e. The lowest BCUT2D eigenvalue weighted by molar-refractivity contribution is 0.152. The van der Waals surface area contributed by atoms with Gasteiger partial charge in [-0.15, -0.1) is 0 Å². The van der Waals surface area contributed by atoms with Gasteiger partial charge in [0, 0.05) is 32.0 Å². The molecule has 0 saturated carbocycles. The minimum absolute atomic E-state index is 0.360. The maximum atomic E-state index is 10.9. The summed E-state index contributed by atoms with van der Waals surface area (Å²) in [5.41, 5.74) is 1.20. The van der Waals surface area contributed by atoms with Crippen molar-refractivity contribution in [1.29, 1.82) is 0 Å². The van der Waals surface area contributed by atoms with E-state index in [0.717, 1.165) is 13.1 Å². The maximum absolute atomic E-state index is 10.9. The molecule has 0 aliphatic rings. The zero-order valence-electron chi connectivity index (χ0n) is 8.88. The molecule has 1 heterocycles. The number of carbonyl (C=O) groups excluding carboxylic acids is 1. The van der Waals surface area contributed by atoms with Crippen LogP contribution in [0.15, 0.2) is 18.5 Å². The van der Waals surface area contributed by atoms with Crippen LogP contribution in [0.1, 0.15) is 12.5 Å². The summed E-state index contributed by atoms with van der Waals surface area (Å²) in [7, 11) is 0. The highest BCUT2D eigenvalue weighted by molar-refractivity contribution is 5.66. The number of H-pyrrole nitrogens is 1. The van der Waals surface area contributed by atoms with Crippen molar-refractivity contribution >= 4 is 6.09 Å². The molecule has 5 heteroatoms. The molecular formula is C10H17N3O2. The van der Waals surface area contributed by atoms with Crippen LogP contribution < -0.4 is 10.6 Å². The normalized spacial score (nSPS) is 9.93. The molecule has 84 valence electrons. The highest BCUT2D eigenvalue weighted by atomic mass is 16.5. The van der Waals surface area contributed by atoms with Crippen molar-refractivity contribution in [3.8, 4) is 0 Å². The van der Waals surface area contributed by atoms with Crippen LogP contribution in [0, 0.1) is 0 Å². The lowest BCUT2D eigenvalue weighted by Crippen LogP contribution is -2.31. The molecule has 15 heavy (non-hydrogen) atoms. The van der Waals surface area contributed by atoms with E-state index >= 15 is 0 Å². The zero-order chi connectivity index (χ0) is 10.9. The van der Waals surface area contributed by atoms with Gasteiger partial charge in [0.2, 0.25) is 0 Å². The van der Waals surface area contributed by atoms with Crippen LogP contribution in [0.25, 0.3) is 0 Å². The van der Waals surface area contributed by atoms with Crippen molar-refractivity contribution in [2.24, 2.45) is 0 Å². The second kappa shape index (κ2) is 6.89. The van der Waals surface area contributed by atoms with Gasteiger partial charge in [-0.3, -0.25) is 0 Å². The Bertz CT molecular complexity index is 272. The third-order valence-electron chi connectivity index (χ3n) is 1.84. The largest absolute Gasteiger partial charge is 0.450 e. The van der Waals surface area contributed by atoms with Gasteiger partial charge in [0.1, 0.15) is 0 Å². The molecule has 1 aromatic heterocycles. The quantitative estimate of drug-likeness (QED) is 0.611. The second-order valence-electron chi connectivity index (χ2n) is 3.04. The van der Waals surface area contributed by atoms with E-state index in [1.165, 1.54) is 5.56 Å². The number of hydrogen-bond acceptors (Lipinski definition) is 3. The van der Waals surface area contributed by atoms with Crippen LogP contribution >= 0.6 is 0 Å². The van der Waals surface area contributed by atoms with E-state index in [1.54, 1.807) is 6.92 Å². The molecule has 0 aromatic carbocycles. The molecule has 0 unspecified atom stereocenters.